The van der Waals surface area contributed by atoms with Gasteiger partial charge in [0.15, 0.2) is 0 Å². The topological polar surface area (TPSA) is 104 Å². The van der Waals surface area contributed by atoms with E-state index in [1.165, 1.54) is 25.3 Å². The van der Waals surface area contributed by atoms with Crippen molar-refractivity contribution in [1.82, 2.24) is 5.32 Å². The minimum absolute atomic E-state index is 0.152. The van der Waals surface area contributed by atoms with Crippen molar-refractivity contribution in [3.63, 3.8) is 0 Å². The summed E-state index contributed by atoms with van der Waals surface area (Å²) in [6.45, 7) is 7.31. The fourth-order valence-electron chi connectivity index (χ4n) is 1.76. The van der Waals surface area contributed by atoms with Crippen molar-refractivity contribution in [2.24, 2.45) is 5.11 Å². The van der Waals surface area contributed by atoms with Gasteiger partial charge in [-0.15, -0.1) is 0 Å². The molecular weight excluding hydrogens is 296 g/mol. The van der Waals surface area contributed by atoms with E-state index in [2.05, 4.69) is 28.5 Å². The van der Waals surface area contributed by atoms with Crippen LogP contribution < -0.4 is 10.1 Å². The monoisotopic (exact) mass is 312 g/mol. The summed E-state index contributed by atoms with van der Waals surface area (Å²) >= 11 is 0. The number of allylic oxidation sites excluding steroid dienone is 2. The second-order valence-corrected chi connectivity index (χ2v) is 4.27. The van der Waals surface area contributed by atoms with Gasteiger partial charge in [0.05, 0.1) is 12.7 Å². The van der Waals surface area contributed by atoms with Gasteiger partial charge < -0.3 is 10.1 Å². The van der Waals surface area contributed by atoms with Gasteiger partial charge in [-0.1, -0.05) is 37.5 Å². The van der Waals surface area contributed by atoms with Crippen molar-refractivity contribution >= 4 is 11.8 Å². The predicted octanol–water partition coefficient (Wildman–Crippen LogP) is 3.06. The number of methoxy groups -OCH3 is 1. The zero-order valence-electron chi connectivity index (χ0n) is 12.7. The molecule has 0 atom stereocenters. The van der Waals surface area contributed by atoms with Crippen molar-refractivity contribution in [1.29, 1.82) is 0 Å². The van der Waals surface area contributed by atoms with E-state index in [-0.39, 0.29) is 23.8 Å². The molecule has 0 aromatic heterocycles. The summed E-state index contributed by atoms with van der Waals surface area (Å²) in [7, 11) is 1.40. The zero-order chi connectivity index (χ0) is 17.2. The van der Waals surface area contributed by atoms with Crippen molar-refractivity contribution in [3.05, 3.63) is 76.7 Å². The van der Waals surface area contributed by atoms with Gasteiger partial charge in [-0.3, -0.25) is 9.59 Å². The van der Waals surface area contributed by atoms with E-state index in [1.54, 1.807) is 18.2 Å². The van der Waals surface area contributed by atoms with Crippen LogP contribution in [0, 0.1) is 0 Å². The number of hydrogen-bond acceptors (Lipinski definition) is 3. The van der Waals surface area contributed by atoms with Crippen molar-refractivity contribution in [2.75, 3.05) is 7.11 Å². The molecule has 0 aliphatic rings. The summed E-state index contributed by atoms with van der Waals surface area (Å²) in [5, 5.41) is 5.74. The Morgan fingerprint density at radius 3 is 2.74 bits per heavy atom. The van der Waals surface area contributed by atoms with Gasteiger partial charge in [0.2, 0.25) is 0 Å². The summed E-state index contributed by atoms with van der Waals surface area (Å²) in [5.74, 6) is -0.768. The molecule has 0 spiro atoms. The van der Waals surface area contributed by atoms with E-state index >= 15 is 0 Å². The SMILES string of the molecule is C=C/C=C(\C=C)C(=O)NCc1ccc(C(=O)N=[N+]=[N-])c(OC)c1. The molecule has 0 bridgehead atoms. The molecule has 1 rings (SSSR count). The van der Waals surface area contributed by atoms with Crippen LogP contribution in [0.5, 0.6) is 5.75 Å². The van der Waals surface area contributed by atoms with Gasteiger partial charge in [0, 0.05) is 17.0 Å². The number of azide groups is 1. The van der Waals surface area contributed by atoms with E-state index < -0.39 is 5.91 Å². The number of benzene rings is 1. The molecule has 118 valence electrons. The van der Waals surface area contributed by atoms with Crippen LogP contribution in [0.15, 0.2) is 60.3 Å². The molecule has 0 aliphatic carbocycles. The summed E-state index contributed by atoms with van der Waals surface area (Å²) in [6, 6.07) is 4.70. The van der Waals surface area contributed by atoms with Crippen LogP contribution in [0.3, 0.4) is 0 Å². The third-order valence-corrected chi connectivity index (χ3v) is 2.86. The molecule has 0 saturated heterocycles. The second-order valence-electron chi connectivity index (χ2n) is 4.27. The number of rotatable bonds is 7. The molecule has 23 heavy (non-hydrogen) atoms. The van der Waals surface area contributed by atoms with Crippen molar-refractivity contribution < 1.29 is 14.3 Å². The maximum Gasteiger partial charge on any atom is 0.252 e. The zero-order valence-corrected chi connectivity index (χ0v) is 12.7. The largest absolute Gasteiger partial charge is 0.496 e. The fourth-order valence-corrected chi connectivity index (χ4v) is 1.76. The first-order valence-corrected chi connectivity index (χ1v) is 6.57. The van der Waals surface area contributed by atoms with Crippen LogP contribution in [0.1, 0.15) is 15.9 Å². The summed E-state index contributed by atoms with van der Waals surface area (Å²) in [4.78, 5) is 26.0. The quantitative estimate of drug-likeness (QED) is 0.275. The Balaban J connectivity index is 2.91. The third kappa shape index (κ3) is 4.87. The number of nitrogens with one attached hydrogen (secondary N) is 1. The molecule has 0 fully saturated rings. The molecule has 0 saturated carbocycles. The molecule has 1 N–H and O–H groups in total. The first-order chi connectivity index (χ1) is 11.1. The first-order valence-electron chi connectivity index (χ1n) is 6.57. The standard InChI is InChI=1S/C16H16N4O3/c1-4-6-12(5-2)15(21)18-10-11-7-8-13(14(9-11)23-3)16(22)19-20-17/h4-9H,1-2,10H2,3H3,(H,18,21)/b12-6+. The van der Waals surface area contributed by atoms with Gasteiger partial charge >= 0.3 is 0 Å². The van der Waals surface area contributed by atoms with E-state index in [4.69, 9.17) is 10.3 Å². The molecule has 0 heterocycles. The van der Waals surface area contributed by atoms with Gasteiger partial charge in [-0.25, -0.2) is 0 Å². The average molecular weight is 312 g/mol. The molecule has 0 unspecified atom stereocenters. The number of nitrogens with zero attached hydrogens (tertiary/aromatic N) is 3. The number of amides is 2. The van der Waals surface area contributed by atoms with Crippen LogP contribution >= 0.6 is 0 Å². The maximum absolute atomic E-state index is 11.9. The summed E-state index contributed by atoms with van der Waals surface area (Å²) in [5.41, 5.74) is 9.57. The van der Waals surface area contributed by atoms with E-state index in [0.29, 0.717) is 5.57 Å². The molecule has 0 aliphatic heterocycles. The highest BCUT2D eigenvalue weighted by atomic mass is 16.5. The first kappa shape index (κ1) is 17.7. The van der Waals surface area contributed by atoms with Crippen LogP contribution in [0.4, 0.5) is 0 Å². The van der Waals surface area contributed by atoms with Gasteiger partial charge in [0.25, 0.3) is 11.8 Å². The van der Waals surface area contributed by atoms with Gasteiger partial charge in [-0.05, 0) is 28.3 Å². The fraction of sp³-hybridized carbons (Fsp3) is 0.125. The lowest BCUT2D eigenvalue weighted by molar-refractivity contribution is -0.117. The highest BCUT2D eigenvalue weighted by Crippen LogP contribution is 2.21. The normalized spacial score (nSPS) is 10.2. The molecule has 1 aromatic rings. The minimum Gasteiger partial charge on any atom is -0.496 e. The Morgan fingerprint density at radius 2 is 2.17 bits per heavy atom. The highest BCUT2D eigenvalue weighted by molar-refractivity contribution is 5.98. The van der Waals surface area contributed by atoms with E-state index in [1.807, 2.05) is 0 Å². The maximum atomic E-state index is 11.9. The lowest BCUT2D eigenvalue weighted by Gasteiger charge is -2.10. The summed E-state index contributed by atoms with van der Waals surface area (Å²) < 4.78 is 5.11. The Bertz CT molecular complexity index is 716. The molecular formula is C16H16N4O3. The van der Waals surface area contributed by atoms with E-state index in [0.717, 1.165) is 5.56 Å². The number of carbonyl (C=O) groups excluding carboxylic acids is 2. The van der Waals surface area contributed by atoms with Crippen LogP contribution in [0.2, 0.25) is 0 Å². The number of carbonyl (C=O) groups is 2. The van der Waals surface area contributed by atoms with Crippen LogP contribution in [-0.2, 0) is 11.3 Å². The number of ether oxygens (including phenoxy) is 1. The van der Waals surface area contributed by atoms with Gasteiger partial charge in [0.1, 0.15) is 5.75 Å². The van der Waals surface area contributed by atoms with Crippen molar-refractivity contribution in [2.45, 2.75) is 6.54 Å². The molecule has 1 aromatic carbocycles. The Labute approximate surface area is 133 Å². The Hall–Kier alpha value is -3.31. The molecule has 7 heteroatoms. The summed E-state index contributed by atoms with van der Waals surface area (Å²) in [6.07, 6.45) is 4.47. The van der Waals surface area contributed by atoms with Crippen LogP contribution in [0.25, 0.3) is 10.4 Å². The lowest BCUT2D eigenvalue weighted by atomic mass is 10.1. The third-order valence-electron chi connectivity index (χ3n) is 2.86. The Kier molecular flexibility index (Phi) is 6.84. The number of hydrogen-bond donors (Lipinski definition) is 1. The molecule has 2 amide bonds. The van der Waals surface area contributed by atoms with E-state index in [9.17, 15) is 9.59 Å². The van der Waals surface area contributed by atoms with Crippen LogP contribution in [-0.4, -0.2) is 18.9 Å². The predicted molar refractivity (Wildman–Crippen MR) is 86.8 cm³/mol. The molecule has 0 radical (unpaired) electrons. The second kappa shape index (κ2) is 8.86. The lowest BCUT2D eigenvalue weighted by Crippen LogP contribution is -2.23. The smallest absolute Gasteiger partial charge is 0.252 e. The average Bonchev–Trinajstić information content (AvgIpc) is 2.57. The molecule has 7 nitrogen and oxygen atoms in total. The Morgan fingerprint density at radius 1 is 1.43 bits per heavy atom. The highest BCUT2D eigenvalue weighted by Gasteiger charge is 2.12. The minimum atomic E-state index is -0.734. The van der Waals surface area contributed by atoms with Gasteiger partial charge in [-0.2, -0.15) is 0 Å². The van der Waals surface area contributed by atoms with Crippen molar-refractivity contribution in [3.8, 4) is 5.75 Å².